The largest absolute Gasteiger partial charge is 0.497 e. The van der Waals surface area contributed by atoms with Crippen molar-refractivity contribution in [1.29, 1.82) is 0 Å². The number of hydrogen-bond acceptors (Lipinski definition) is 7. The van der Waals surface area contributed by atoms with Crippen LogP contribution >= 0.6 is 24.0 Å². The molecule has 1 aromatic rings. The first-order valence-corrected chi connectivity index (χ1v) is 10.8. The lowest BCUT2D eigenvalue weighted by atomic mass is 10.2. The smallest absolute Gasteiger partial charge is 0.266 e. The molecule has 0 spiro atoms. The van der Waals surface area contributed by atoms with E-state index in [1.807, 2.05) is 12.1 Å². The molecule has 1 N–H and O–H groups in total. The Morgan fingerprint density at radius 1 is 1.41 bits per heavy atom. The normalized spacial score (nSPS) is 22.5. The van der Waals surface area contributed by atoms with Crippen LogP contribution in [0.25, 0.3) is 6.08 Å². The van der Waals surface area contributed by atoms with Gasteiger partial charge in [-0.05, 0) is 29.8 Å². The number of benzene rings is 1. The van der Waals surface area contributed by atoms with Gasteiger partial charge in [0.15, 0.2) is 9.84 Å². The fraction of sp³-hybridized carbons (Fsp3) is 0.235. The zero-order valence-electron chi connectivity index (χ0n) is 14.2. The number of methoxy groups -OCH3 is 1. The number of carbonyl (C=O) groups is 2. The quantitative estimate of drug-likeness (QED) is 0.563. The highest BCUT2D eigenvalue weighted by Crippen LogP contribution is 2.32. The van der Waals surface area contributed by atoms with Crippen LogP contribution < -0.4 is 10.1 Å². The van der Waals surface area contributed by atoms with Crippen molar-refractivity contribution in [1.82, 2.24) is 10.2 Å². The molecule has 10 heteroatoms. The van der Waals surface area contributed by atoms with Crippen LogP contribution in [0.2, 0.25) is 0 Å². The number of ether oxygens (including phenoxy) is 1. The molecule has 0 radical (unpaired) electrons. The van der Waals surface area contributed by atoms with E-state index in [0.717, 1.165) is 22.7 Å². The lowest BCUT2D eigenvalue weighted by Crippen LogP contribution is -2.43. The van der Waals surface area contributed by atoms with Gasteiger partial charge in [0.2, 0.25) is 5.91 Å². The summed E-state index contributed by atoms with van der Waals surface area (Å²) in [6.45, 7) is -0.255. The maximum Gasteiger partial charge on any atom is 0.266 e. The highest BCUT2D eigenvalue weighted by Gasteiger charge is 2.34. The van der Waals surface area contributed by atoms with Crippen molar-refractivity contribution < 1.29 is 22.7 Å². The summed E-state index contributed by atoms with van der Waals surface area (Å²) in [4.78, 5) is 26.3. The lowest BCUT2D eigenvalue weighted by molar-refractivity contribution is -0.128. The van der Waals surface area contributed by atoms with Crippen molar-refractivity contribution in [2.45, 2.75) is 6.04 Å². The van der Waals surface area contributed by atoms with Gasteiger partial charge in [-0.2, -0.15) is 0 Å². The van der Waals surface area contributed by atoms with Crippen LogP contribution in [-0.2, 0) is 19.4 Å². The van der Waals surface area contributed by atoms with Crippen molar-refractivity contribution in [3.63, 3.8) is 0 Å². The van der Waals surface area contributed by atoms with Crippen LogP contribution in [0.4, 0.5) is 0 Å². The molecule has 1 fully saturated rings. The summed E-state index contributed by atoms with van der Waals surface area (Å²) in [6, 6.07) is 6.60. The molecule has 7 nitrogen and oxygen atoms in total. The monoisotopic (exact) mass is 424 g/mol. The molecule has 2 aliphatic heterocycles. The lowest BCUT2D eigenvalue weighted by Gasteiger charge is -2.16. The second kappa shape index (κ2) is 7.83. The molecule has 2 heterocycles. The predicted molar refractivity (Wildman–Crippen MR) is 108 cm³/mol. The van der Waals surface area contributed by atoms with Crippen molar-refractivity contribution in [2.24, 2.45) is 0 Å². The minimum absolute atomic E-state index is 0.172. The van der Waals surface area contributed by atoms with Gasteiger partial charge in [-0.25, -0.2) is 8.42 Å². The molecule has 2 amide bonds. The summed E-state index contributed by atoms with van der Waals surface area (Å²) in [7, 11) is -1.69. The Hall–Kier alpha value is -2.17. The van der Waals surface area contributed by atoms with E-state index in [-0.39, 0.29) is 22.5 Å². The van der Waals surface area contributed by atoms with E-state index in [4.69, 9.17) is 17.0 Å². The summed E-state index contributed by atoms with van der Waals surface area (Å²) < 4.78 is 28.2. The Kier molecular flexibility index (Phi) is 5.68. The molecule has 0 bridgehead atoms. The molecule has 1 atom stereocenters. The number of nitrogens with one attached hydrogen (secondary N) is 1. The molecule has 27 heavy (non-hydrogen) atoms. The second-order valence-electron chi connectivity index (χ2n) is 5.87. The average Bonchev–Trinajstić information content (AvgIpc) is 3.09. The fourth-order valence-electron chi connectivity index (χ4n) is 2.55. The van der Waals surface area contributed by atoms with E-state index >= 15 is 0 Å². The third kappa shape index (κ3) is 4.76. The summed E-state index contributed by atoms with van der Waals surface area (Å²) >= 11 is 6.32. The van der Waals surface area contributed by atoms with Gasteiger partial charge < -0.3 is 10.1 Å². The first-order chi connectivity index (χ1) is 12.8. The number of sulfone groups is 1. The summed E-state index contributed by atoms with van der Waals surface area (Å²) in [6.07, 6.45) is 3.12. The Bertz CT molecular complexity index is 951. The van der Waals surface area contributed by atoms with Crippen molar-refractivity contribution in [3.8, 4) is 5.75 Å². The molecule has 3 rings (SSSR count). The molecule has 0 aromatic heterocycles. The SMILES string of the molecule is COc1ccc(/C=C2/SC(=S)N(CC(=O)NC3C=CS(=O)(=O)C3)C2=O)cc1. The van der Waals surface area contributed by atoms with E-state index in [0.29, 0.717) is 10.7 Å². The molecule has 1 saturated heterocycles. The molecule has 1 aromatic carbocycles. The summed E-state index contributed by atoms with van der Waals surface area (Å²) in [5, 5.41) is 3.66. The van der Waals surface area contributed by atoms with Gasteiger partial charge in [0.1, 0.15) is 16.6 Å². The third-order valence-electron chi connectivity index (χ3n) is 3.87. The molecule has 0 aliphatic carbocycles. The molecular formula is C17H16N2O5S3. The standard InChI is InChI=1S/C17H16N2O5S3/c1-24-13-4-2-11(3-5-13)8-14-16(21)19(17(25)26-14)9-15(20)18-12-6-7-27(22,23)10-12/h2-8,12H,9-10H2,1H3,(H,18,20)/b14-8+. The van der Waals surface area contributed by atoms with Crippen molar-refractivity contribution in [3.05, 3.63) is 46.2 Å². The van der Waals surface area contributed by atoms with E-state index in [9.17, 15) is 18.0 Å². The van der Waals surface area contributed by atoms with Gasteiger partial charge in [0, 0.05) is 5.41 Å². The zero-order valence-corrected chi connectivity index (χ0v) is 16.7. The Balaban J connectivity index is 1.64. The van der Waals surface area contributed by atoms with Gasteiger partial charge in [0.25, 0.3) is 5.91 Å². The third-order valence-corrected chi connectivity index (χ3v) is 6.64. The molecular weight excluding hydrogens is 408 g/mol. The average molecular weight is 425 g/mol. The number of rotatable bonds is 5. The van der Waals surface area contributed by atoms with Gasteiger partial charge in [-0.15, -0.1) is 0 Å². The predicted octanol–water partition coefficient (Wildman–Crippen LogP) is 1.32. The van der Waals surface area contributed by atoms with E-state index < -0.39 is 21.8 Å². The Morgan fingerprint density at radius 2 is 2.11 bits per heavy atom. The minimum atomic E-state index is -3.26. The first kappa shape index (κ1) is 19.6. The van der Waals surface area contributed by atoms with Crippen molar-refractivity contribution in [2.75, 3.05) is 19.4 Å². The second-order valence-corrected chi connectivity index (χ2v) is 9.48. The van der Waals surface area contributed by atoms with Crippen LogP contribution in [0.1, 0.15) is 5.56 Å². The number of thioether (sulfide) groups is 1. The number of nitrogens with zero attached hydrogens (tertiary/aromatic N) is 1. The molecule has 2 aliphatic rings. The van der Waals surface area contributed by atoms with Crippen LogP contribution in [-0.4, -0.2) is 54.9 Å². The van der Waals surface area contributed by atoms with Gasteiger partial charge in [0.05, 0.1) is 23.8 Å². The van der Waals surface area contributed by atoms with E-state index in [1.165, 1.54) is 11.0 Å². The van der Waals surface area contributed by atoms with Crippen LogP contribution in [0.15, 0.2) is 40.7 Å². The highest BCUT2D eigenvalue weighted by atomic mass is 32.2. The maximum absolute atomic E-state index is 12.6. The van der Waals surface area contributed by atoms with Crippen LogP contribution in [0.5, 0.6) is 5.75 Å². The minimum Gasteiger partial charge on any atom is -0.497 e. The molecule has 0 saturated carbocycles. The maximum atomic E-state index is 12.6. The van der Waals surface area contributed by atoms with Gasteiger partial charge in [-0.1, -0.05) is 36.1 Å². The van der Waals surface area contributed by atoms with Crippen LogP contribution in [0, 0.1) is 0 Å². The summed E-state index contributed by atoms with van der Waals surface area (Å²) in [5.41, 5.74) is 0.807. The highest BCUT2D eigenvalue weighted by molar-refractivity contribution is 8.26. The first-order valence-electron chi connectivity index (χ1n) is 7.87. The number of carbonyl (C=O) groups excluding carboxylic acids is 2. The van der Waals surface area contributed by atoms with E-state index in [1.54, 1.807) is 25.3 Å². The topological polar surface area (TPSA) is 92.8 Å². The molecule has 1 unspecified atom stereocenters. The zero-order chi connectivity index (χ0) is 19.6. The number of hydrogen-bond donors (Lipinski definition) is 1. The number of amides is 2. The Morgan fingerprint density at radius 3 is 2.70 bits per heavy atom. The van der Waals surface area contributed by atoms with Crippen LogP contribution in [0.3, 0.4) is 0 Å². The Labute approximate surface area is 166 Å². The van der Waals surface area contributed by atoms with Crippen molar-refractivity contribution >= 4 is 56.0 Å². The van der Waals surface area contributed by atoms with E-state index in [2.05, 4.69) is 5.32 Å². The van der Waals surface area contributed by atoms with Gasteiger partial charge in [-0.3, -0.25) is 14.5 Å². The number of thiocarbonyl (C=S) groups is 1. The summed E-state index contributed by atoms with van der Waals surface area (Å²) in [5.74, 6) is -0.289. The van der Waals surface area contributed by atoms with Gasteiger partial charge >= 0.3 is 0 Å². The fourth-order valence-corrected chi connectivity index (χ4v) is 5.04. The molecule has 142 valence electrons.